The molecule has 1 fully saturated rings. The molecule has 0 aliphatic carbocycles. The summed E-state index contributed by atoms with van der Waals surface area (Å²) < 4.78 is 0. The summed E-state index contributed by atoms with van der Waals surface area (Å²) in [6, 6.07) is 14.9. The van der Waals surface area contributed by atoms with Crippen molar-refractivity contribution in [1.29, 1.82) is 0 Å². The smallest absolute Gasteiger partial charge is 0.228 e. The van der Waals surface area contributed by atoms with Gasteiger partial charge in [0.05, 0.1) is 6.42 Å². The Balaban J connectivity index is 1.54. The van der Waals surface area contributed by atoms with Crippen LogP contribution >= 0.6 is 0 Å². The number of hydrogen-bond donors (Lipinski definition) is 2. The quantitative estimate of drug-likeness (QED) is 0.858. The molecule has 0 spiro atoms. The van der Waals surface area contributed by atoms with Crippen molar-refractivity contribution >= 4 is 11.6 Å². The van der Waals surface area contributed by atoms with Crippen molar-refractivity contribution in [2.45, 2.75) is 25.7 Å². The zero-order valence-electron chi connectivity index (χ0n) is 13.9. The van der Waals surface area contributed by atoms with Gasteiger partial charge in [-0.15, -0.1) is 0 Å². The maximum Gasteiger partial charge on any atom is 0.228 e. The lowest BCUT2D eigenvalue weighted by Crippen LogP contribution is -2.22. The van der Waals surface area contributed by atoms with E-state index >= 15 is 0 Å². The fraction of sp³-hybridized carbons (Fsp3) is 0.350. The average Bonchev–Trinajstić information content (AvgIpc) is 3.06. The number of hydrogen-bond acceptors (Lipinski definition) is 3. The molecule has 126 valence electrons. The molecule has 1 amide bonds. The van der Waals surface area contributed by atoms with Crippen LogP contribution in [0.3, 0.4) is 0 Å². The Kier molecular flexibility index (Phi) is 5.49. The molecular weight excluding hydrogens is 300 g/mol. The van der Waals surface area contributed by atoms with E-state index in [9.17, 15) is 9.90 Å². The van der Waals surface area contributed by atoms with E-state index in [1.807, 2.05) is 18.2 Å². The molecule has 0 saturated carbocycles. The van der Waals surface area contributed by atoms with Gasteiger partial charge in [-0.25, -0.2) is 0 Å². The first-order chi connectivity index (χ1) is 11.7. The Bertz CT molecular complexity index is 694. The van der Waals surface area contributed by atoms with E-state index < -0.39 is 0 Å². The number of phenolic OH excluding ortho intramolecular Hbond substituents is 1. The molecule has 1 heterocycles. The second-order valence-electron chi connectivity index (χ2n) is 6.39. The number of rotatable bonds is 6. The summed E-state index contributed by atoms with van der Waals surface area (Å²) in [7, 11) is 0. The SMILES string of the molecule is O=C(Cc1cccc(O)c1)Nc1cccc(CCN2CCCC2)c1. The zero-order valence-corrected chi connectivity index (χ0v) is 13.9. The lowest BCUT2D eigenvalue weighted by Gasteiger charge is -2.14. The Hall–Kier alpha value is -2.33. The zero-order chi connectivity index (χ0) is 16.8. The highest BCUT2D eigenvalue weighted by Gasteiger charge is 2.11. The van der Waals surface area contributed by atoms with Crippen molar-refractivity contribution < 1.29 is 9.90 Å². The maximum atomic E-state index is 12.2. The van der Waals surface area contributed by atoms with Gasteiger partial charge in [0.1, 0.15) is 5.75 Å². The fourth-order valence-corrected chi connectivity index (χ4v) is 3.16. The van der Waals surface area contributed by atoms with Crippen molar-refractivity contribution in [3.63, 3.8) is 0 Å². The van der Waals surface area contributed by atoms with Gasteiger partial charge in [0.25, 0.3) is 0 Å². The minimum absolute atomic E-state index is 0.0720. The van der Waals surface area contributed by atoms with Crippen LogP contribution in [0.15, 0.2) is 48.5 Å². The number of benzene rings is 2. The molecule has 4 nitrogen and oxygen atoms in total. The van der Waals surface area contributed by atoms with E-state index in [4.69, 9.17) is 0 Å². The Labute approximate surface area is 143 Å². The van der Waals surface area contributed by atoms with E-state index in [0.717, 1.165) is 24.2 Å². The van der Waals surface area contributed by atoms with Crippen LogP contribution in [-0.2, 0) is 17.6 Å². The predicted octanol–water partition coefficient (Wildman–Crippen LogP) is 3.21. The highest BCUT2D eigenvalue weighted by atomic mass is 16.3. The highest BCUT2D eigenvalue weighted by Crippen LogP contribution is 2.15. The summed E-state index contributed by atoms with van der Waals surface area (Å²) in [5.74, 6) is 0.113. The van der Waals surface area contributed by atoms with Gasteiger partial charge in [0, 0.05) is 12.2 Å². The molecule has 2 aromatic rings. The third kappa shape index (κ3) is 4.83. The van der Waals surface area contributed by atoms with E-state index in [1.54, 1.807) is 18.2 Å². The molecule has 0 aromatic heterocycles. The molecule has 1 saturated heterocycles. The van der Waals surface area contributed by atoms with Crippen molar-refractivity contribution in [2.75, 3.05) is 25.0 Å². The summed E-state index contributed by atoms with van der Waals surface area (Å²) in [5.41, 5.74) is 2.88. The summed E-state index contributed by atoms with van der Waals surface area (Å²) in [4.78, 5) is 14.7. The highest BCUT2D eigenvalue weighted by molar-refractivity contribution is 5.92. The second kappa shape index (κ2) is 7.97. The molecule has 1 aliphatic rings. The van der Waals surface area contributed by atoms with Crippen LogP contribution in [0.1, 0.15) is 24.0 Å². The van der Waals surface area contributed by atoms with Gasteiger partial charge in [-0.1, -0.05) is 24.3 Å². The lowest BCUT2D eigenvalue weighted by atomic mass is 10.1. The molecule has 24 heavy (non-hydrogen) atoms. The third-order valence-corrected chi connectivity index (χ3v) is 4.40. The van der Waals surface area contributed by atoms with Gasteiger partial charge < -0.3 is 15.3 Å². The summed E-state index contributed by atoms with van der Waals surface area (Å²) in [5, 5.41) is 12.4. The van der Waals surface area contributed by atoms with Gasteiger partial charge in [0.15, 0.2) is 0 Å². The molecule has 0 radical (unpaired) electrons. The Morgan fingerprint density at radius 2 is 1.79 bits per heavy atom. The normalized spacial score (nSPS) is 14.7. The molecule has 0 bridgehead atoms. The van der Waals surface area contributed by atoms with E-state index in [2.05, 4.69) is 22.3 Å². The molecule has 2 aromatic carbocycles. The van der Waals surface area contributed by atoms with Crippen molar-refractivity contribution in [3.05, 3.63) is 59.7 Å². The van der Waals surface area contributed by atoms with E-state index in [-0.39, 0.29) is 18.1 Å². The van der Waals surface area contributed by atoms with Gasteiger partial charge >= 0.3 is 0 Å². The number of anilines is 1. The van der Waals surface area contributed by atoms with Crippen LogP contribution < -0.4 is 5.32 Å². The molecular formula is C20H24N2O2. The van der Waals surface area contributed by atoms with E-state index in [0.29, 0.717) is 0 Å². The number of carbonyl (C=O) groups excluding carboxylic acids is 1. The molecule has 2 N–H and O–H groups in total. The number of phenols is 1. The number of amides is 1. The standard InChI is InChI=1S/C20H24N2O2/c23-19-8-4-6-17(14-19)15-20(24)21-18-7-3-5-16(13-18)9-12-22-10-1-2-11-22/h3-8,13-14,23H,1-2,9-12,15H2,(H,21,24). The van der Waals surface area contributed by atoms with Gasteiger partial charge in [-0.05, 0) is 67.7 Å². The first-order valence-corrected chi connectivity index (χ1v) is 8.58. The largest absolute Gasteiger partial charge is 0.508 e. The minimum Gasteiger partial charge on any atom is -0.508 e. The maximum absolute atomic E-state index is 12.2. The van der Waals surface area contributed by atoms with Gasteiger partial charge in [0.2, 0.25) is 5.91 Å². The molecule has 1 aliphatic heterocycles. The summed E-state index contributed by atoms with van der Waals surface area (Å²) in [6.45, 7) is 3.50. The van der Waals surface area contributed by atoms with Crippen molar-refractivity contribution in [1.82, 2.24) is 4.90 Å². The third-order valence-electron chi connectivity index (χ3n) is 4.40. The Morgan fingerprint density at radius 1 is 1.04 bits per heavy atom. The van der Waals surface area contributed by atoms with Crippen LogP contribution in [0, 0.1) is 0 Å². The lowest BCUT2D eigenvalue weighted by molar-refractivity contribution is -0.115. The molecule has 4 heteroatoms. The van der Waals surface area contributed by atoms with Crippen LogP contribution in [0.5, 0.6) is 5.75 Å². The molecule has 0 unspecified atom stereocenters. The van der Waals surface area contributed by atoms with Gasteiger partial charge in [-0.3, -0.25) is 4.79 Å². The number of nitrogens with one attached hydrogen (secondary N) is 1. The minimum atomic E-state index is -0.0720. The summed E-state index contributed by atoms with van der Waals surface area (Å²) in [6.07, 6.45) is 3.89. The number of aromatic hydroxyl groups is 1. The number of likely N-dealkylation sites (tertiary alicyclic amines) is 1. The van der Waals surface area contributed by atoms with Crippen molar-refractivity contribution in [3.8, 4) is 5.75 Å². The van der Waals surface area contributed by atoms with Crippen LogP contribution in [0.4, 0.5) is 5.69 Å². The predicted molar refractivity (Wildman–Crippen MR) is 96.3 cm³/mol. The van der Waals surface area contributed by atoms with Crippen LogP contribution in [-0.4, -0.2) is 35.5 Å². The van der Waals surface area contributed by atoms with E-state index in [1.165, 1.54) is 31.5 Å². The number of carbonyl (C=O) groups is 1. The number of nitrogens with zero attached hydrogens (tertiary/aromatic N) is 1. The molecule has 3 rings (SSSR count). The monoisotopic (exact) mass is 324 g/mol. The summed E-state index contributed by atoms with van der Waals surface area (Å²) >= 11 is 0. The fourth-order valence-electron chi connectivity index (χ4n) is 3.16. The van der Waals surface area contributed by atoms with Gasteiger partial charge in [-0.2, -0.15) is 0 Å². The van der Waals surface area contributed by atoms with Crippen molar-refractivity contribution in [2.24, 2.45) is 0 Å². The second-order valence-corrected chi connectivity index (χ2v) is 6.39. The van der Waals surface area contributed by atoms with Crippen LogP contribution in [0.25, 0.3) is 0 Å². The first-order valence-electron chi connectivity index (χ1n) is 8.58. The Morgan fingerprint density at radius 3 is 2.58 bits per heavy atom. The first kappa shape index (κ1) is 16.5. The van der Waals surface area contributed by atoms with Crippen LogP contribution in [0.2, 0.25) is 0 Å². The molecule has 0 atom stereocenters. The average molecular weight is 324 g/mol. The topological polar surface area (TPSA) is 52.6 Å².